The Hall–Kier alpha value is -3.22. The second-order valence-electron chi connectivity index (χ2n) is 6.69. The highest BCUT2D eigenvalue weighted by Crippen LogP contribution is 2.33. The molecule has 0 spiro atoms. The van der Waals surface area contributed by atoms with Gasteiger partial charge in [-0.05, 0) is 23.8 Å². The van der Waals surface area contributed by atoms with E-state index in [1.807, 2.05) is 18.2 Å². The van der Waals surface area contributed by atoms with Crippen molar-refractivity contribution in [2.75, 3.05) is 25.1 Å². The van der Waals surface area contributed by atoms with Crippen LogP contribution in [-0.2, 0) is 11.3 Å². The number of nitrogens with zero attached hydrogens (tertiary/aromatic N) is 2. The predicted molar refractivity (Wildman–Crippen MR) is 99.9 cm³/mol. The third-order valence-corrected chi connectivity index (χ3v) is 4.90. The lowest BCUT2D eigenvalue weighted by Crippen LogP contribution is -2.34. The number of amidine groups is 1. The zero-order valence-corrected chi connectivity index (χ0v) is 14.7. The molecule has 1 atom stereocenters. The second-order valence-corrected chi connectivity index (χ2v) is 6.69. The van der Waals surface area contributed by atoms with Crippen molar-refractivity contribution in [1.29, 1.82) is 0 Å². The van der Waals surface area contributed by atoms with Crippen LogP contribution in [0.4, 0.5) is 16.2 Å². The Labute approximate surface area is 156 Å². The van der Waals surface area contributed by atoms with E-state index >= 15 is 0 Å². The summed E-state index contributed by atoms with van der Waals surface area (Å²) in [5.41, 5.74) is 2.75. The van der Waals surface area contributed by atoms with Crippen LogP contribution in [0.15, 0.2) is 47.5 Å². The summed E-state index contributed by atoms with van der Waals surface area (Å²) in [5.74, 6) is 2.13. The first kappa shape index (κ1) is 16.0. The van der Waals surface area contributed by atoms with E-state index in [-0.39, 0.29) is 6.10 Å². The van der Waals surface area contributed by atoms with Crippen molar-refractivity contribution in [2.24, 2.45) is 4.99 Å². The number of fused-ring (bicyclic) bond motifs is 3. The standard InChI is InChI=1S/C20H19N3O4/c24-20(21-14-5-6-16-18(11-14)26-10-9-25-16)27-17-7-8-23-12-13-3-1-2-4-15(13)22-19(17)23/h1-6,11,17H,7-10,12H2,(H,21,24). The number of aliphatic imine (C=N–C) groups is 1. The summed E-state index contributed by atoms with van der Waals surface area (Å²) in [7, 11) is 0. The number of ether oxygens (including phenoxy) is 3. The van der Waals surface area contributed by atoms with Gasteiger partial charge >= 0.3 is 6.09 Å². The highest BCUT2D eigenvalue weighted by atomic mass is 16.6. The number of para-hydroxylation sites is 1. The first-order chi connectivity index (χ1) is 13.3. The molecule has 1 saturated heterocycles. The van der Waals surface area contributed by atoms with Crippen LogP contribution in [-0.4, -0.2) is 42.7 Å². The van der Waals surface area contributed by atoms with Gasteiger partial charge < -0.3 is 19.1 Å². The van der Waals surface area contributed by atoms with Crippen LogP contribution in [0.5, 0.6) is 11.5 Å². The summed E-state index contributed by atoms with van der Waals surface area (Å²) in [6, 6.07) is 13.4. The Balaban J connectivity index is 1.28. The third-order valence-electron chi connectivity index (χ3n) is 4.90. The Bertz CT molecular complexity index is 927. The molecule has 138 valence electrons. The minimum absolute atomic E-state index is 0.337. The number of rotatable bonds is 2. The smallest absolute Gasteiger partial charge is 0.412 e. The number of carbonyl (C=O) groups excluding carboxylic acids is 1. The van der Waals surface area contributed by atoms with Gasteiger partial charge in [-0.2, -0.15) is 0 Å². The lowest BCUT2D eigenvalue weighted by molar-refractivity contribution is 0.143. The molecule has 1 N–H and O–H groups in total. The highest BCUT2D eigenvalue weighted by Gasteiger charge is 2.35. The summed E-state index contributed by atoms with van der Waals surface area (Å²) in [4.78, 5) is 19.3. The van der Waals surface area contributed by atoms with Gasteiger partial charge in [0.1, 0.15) is 19.0 Å². The average molecular weight is 365 g/mol. The number of benzene rings is 2. The van der Waals surface area contributed by atoms with Crippen LogP contribution in [0.1, 0.15) is 12.0 Å². The van der Waals surface area contributed by atoms with E-state index in [1.165, 1.54) is 5.56 Å². The van der Waals surface area contributed by atoms with Crippen molar-refractivity contribution in [1.82, 2.24) is 4.90 Å². The molecule has 7 nitrogen and oxygen atoms in total. The van der Waals surface area contributed by atoms with Gasteiger partial charge in [-0.25, -0.2) is 9.79 Å². The molecule has 2 aromatic carbocycles. The summed E-state index contributed by atoms with van der Waals surface area (Å²) in [6.45, 7) is 2.67. The van der Waals surface area contributed by atoms with E-state index < -0.39 is 6.09 Å². The van der Waals surface area contributed by atoms with Gasteiger partial charge in [0.15, 0.2) is 17.6 Å². The fourth-order valence-corrected chi connectivity index (χ4v) is 3.62. The Kier molecular flexibility index (Phi) is 3.85. The lowest BCUT2D eigenvalue weighted by atomic mass is 10.1. The topological polar surface area (TPSA) is 72.4 Å². The van der Waals surface area contributed by atoms with Crippen molar-refractivity contribution in [2.45, 2.75) is 19.1 Å². The third kappa shape index (κ3) is 3.05. The number of anilines is 1. The van der Waals surface area contributed by atoms with Crippen molar-refractivity contribution in [3.63, 3.8) is 0 Å². The largest absolute Gasteiger partial charge is 0.486 e. The first-order valence-corrected chi connectivity index (χ1v) is 9.05. The lowest BCUT2D eigenvalue weighted by Gasteiger charge is -2.26. The molecule has 1 amide bonds. The van der Waals surface area contributed by atoms with E-state index in [4.69, 9.17) is 19.2 Å². The Morgan fingerprint density at radius 1 is 1.15 bits per heavy atom. The molecule has 0 aliphatic carbocycles. The average Bonchev–Trinajstić information content (AvgIpc) is 3.07. The van der Waals surface area contributed by atoms with E-state index in [9.17, 15) is 4.79 Å². The van der Waals surface area contributed by atoms with Crippen molar-refractivity contribution >= 4 is 23.3 Å². The fourth-order valence-electron chi connectivity index (χ4n) is 3.62. The van der Waals surface area contributed by atoms with Crippen LogP contribution in [0.25, 0.3) is 0 Å². The molecule has 0 bridgehead atoms. The molecule has 3 aliphatic heterocycles. The number of nitrogens with one attached hydrogen (secondary N) is 1. The molecule has 7 heteroatoms. The van der Waals surface area contributed by atoms with Crippen molar-refractivity contribution < 1.29 is 19.0 Å². The van der Waals surface area contributed by atoms with Crippen molar-refractivity contribution in [3.8, 4) is 11.5 Å². The molecular weight excluding hydrogens is 346 g/mol. The predicted octanol–water partition coefficient (Wildman–Crippen LogP) is 3.32. The summed E-state index contributed by atoms with van der Waals surface area (Å²) < 4.78 is 16.7. The molecular formula is C20H19N3O4. The molecule has 2 aromatic rings. The van der Waals surface area contributed by atoms with Crippen LogP contribution in [0, 0.1) is 0 Å². The second kappa shape index (κ2) is 6.50. The molecule has 0 radical (unpaired) electrons. The van der Waals surface area contributed by atoms with Crippen molar-refractivity contribution in [3.05, 3.63) is 48.0 Å². The zero-order valence-electron chi connectivity index (χ0n) is 14.7. The Morgan fingerprint density at radius 2 is 2.00 bits per heavy atom. The molecule has 0 saturated carbocycles. The zero-order chi connectivity index (χ0) is 18.2. The van der Waals surface area contributed by atoms with E-state index in [1.54, 1.807) is 18.2 Å². The monoisotopic (exact) mass is 365 g/mol. The van der Waals surface area contributed by atoms with E-state index in [2.05, 4.69) is 16.3 Å². The number of amides is 1. The maximum Gasteiger partial charge on any atom is 0.412 e. The molecule has 1 unspecified atom stereocenters. The molecule has 0 aromatic heterocycles. The molecule has 1 fully saturated rings. The normalized spacial score (nSPS) is 19.6. The minimum atomic E-state index is -0.500. The van der Waals surface area contributed by atoms with Gasteiger partial charge in [0.05, 0.1) is 5.69 Å². The maximum absolute atomic E-state index is 12.4. The van der Waals surface area contributed by atoms with Crippen LogP contribution in [0.2, 0.25) is 0 Å². The maximum atomic E-state index is 12.4. The van der Waals surface area contributed by atoms with Gasteiger partial charge in [0, 0.05) is 31.3 Å². The van der Waals surface area contributed by atoms with Gasteiger partial charge in [0.25, 0.3) is 0 Å². The molecule has 3 aliphatic rings. The molecule has 27 heavy (non-hydrogen) atoms. The molecule has 5 rings (SSSR count). The van der Waals surface area contributed by atoms with Crippen LogP contribution >= 0.6 is 0 Å². The van der Waals surface area contributed by atoms with Gasteiger partial charge in [-0.3, -0.25) is 5.32 Å². The highest BCUT2D eigenvalue weighted by molar-refractivity contribution is 5.95. The van der Waals surface area contributed by atoms with Gasteiger partial charge in [-0.15, -0.1) is 0 Å². The SMILES string of the molecule is O=C(Nc1ccc2c(c1)OCCO2)OC1CCN2Cc3ccccc3N=C12. The summed E-state index contributed by atoms with van der Waals surface area (Å²) in [5, 5.41) is 2.76. The van der Waals surface area contributed by atoms with E-state index in [0.29, 0.717) is 30.4 Å². The molecule has 3 heterocycles. The number of carbonyl (C=O) groups is 1. The fraction of sp³-hybridized carbons (Fsp3) is 0.300. The van der Waals surface area contributed by atoms with Crippen LogP contribution < -0.4 is 14.8 Å². The summed E-state index contributed by atoms with van der Waals surface area (Å²) in [6.07, 6.45) is -0.0999. The van der Waals surface area contributed by atoms with Crippen LogP contribution in [0.3, 0.4) is 0 Å². The van der Waals surface area contributed by atoms with E-state index in [0.717, 1.165) is 31.0 Å². The van der Waals surface area contributed by atoms with Gasteiger partial charge in [-0.1, -0.05) is 18.2 Å². The Morgan fingerprint density at radius 3 is 2.93 bits per heavy atom. The number of hydrogen-bond acceptors (Lipinski definition) is 6. The number of hydrogen-bond donors (Lipinski definition) is 1. The summed E-state index contributed by atoms with van der Waals surface area (Å²) >= 11 is 0. The minimum Gasteiger partial charge on any atom is -0.486 e. The van der Waals surface area contributed by atoms with Gasteiger partial charge in [0.2, 0.25) is 0 Å². The first-order valence-electron chi connectivity index (χ1n) is 9.05. The quantitative estimate of drug-likeness (QED) is 0.884.